The first kappa shape index (κ1) is 10.6. The first-order chi connectivity index (χ1) is 7.18. The van der Waals surface area contributed by atoms with Crippen LogP contribution in [0.5, 0.6) is 0 Å². The highest BCUT2D eigenvalue weighted by Crippen LogP contribution is 2.18. The Morgan fingerprint density at radius 2 is 2.00 bits per heavy atom. The van der Waals surface area contributed by atoms with E-state index >= 15 is 0 Å². The second kappa shape index (κ2) is 4.27. The number of amides is 1. The van der Waals surface area contributed by atoms with Crippen molar-refractivity contribution >= 4 is 18.5 Å². The van der Waals surface area contributed by atoms with E-state index < -0.39 is 0 Å². The number of benzene rings is 1. The molecule has 2 nitrogen and oxygen atoms in total. The minimum atomic E-state index is 0.154. The third-order valence-corrected chi connectivity index (χ3v) is 3.12. The summed E-state index contributed by atoms with van der Waals surface area (Å²) in [5.41, 5.74) is 1.83. The number of likely N-dealkylation sites (tertiary alicyclic amines) is 1. The van der Waals surface area contributed by atoms with Gasteiger partial charge in [-0.3, -0.25) is 4.79 Å². The van der Waals surface area contributed by atoms with Gasteiger partial charge in [0.05, 0.1) is 0 Å². The van der Waals surface area contributed by atoms with Crippen LogP contribution in [0, 0.1) is 6.92 Å². The van der Waals surface area contributed by atoms with Crippen molar-refractivity contribution in [1.82, 2.24) is 4.90 Å². The Morgan fingerprint density at radius 3 is 2.67 bits per heavy atom. The van der Waals surface area contributed by atoms with E-state index in [-0.39, 0.29) is 5.91 Å². The quantitative estimate of drug-likeness (QED) is 0.723. The summed E-state index contributed by atoms with van der Waals surface area (Å²) >= 11 is 4.27. The Bertz CT molecular complexity index is 383. The highest BCUT2D eigenvalue weighted by atomic mass is 32.1. The molecular formula is C12H15NOS. The number of carbonyl (C=O) groups excluding carboxylic acids is 1. The molecule has 15 heavy (non-hydrogen) atoms. The number of rotatable bonds is 1. The van der Waals surface area contributed by atoms with E-state index in [1.807, 2.05) is 30.0 Å². The zero-order chi connectivity index (χ0) is 10.8. The van der Waals surface area contributed by atoms with Gasteiger partial charge < -0.3 is 4.90 Å². The van der Waals surface area contributed by atoms with Crippen LogP contribution in [0.1, 0.15) is 28.8 Å². The molecule has 0 radical (unpaired) electrons. The van der Waals surface area contributed by atoms with Gasteiger partial charge in [0, 0.05) is 23.5 Å². The minimum absolute atomic E-state index is 0.154. The molecule has 80 valence electrons. The number of nitrogens with zero attached hydrogens (tertiary/aromatic N) is 1. The van der Waals surface area contributed by atoms with Gasteiger partial charge in [0.1, 0.15) is 0 Å². The van der Waals surface area contributed by atoms with E-state index in [9.17, 15) is 4.79 Å². The maximum atomic E-state index is 12.1. The molecule has 0 aliphatic carbocycles. The molecule has 1 amide bonds. The van der Waals surface area contributed by atoms with Gasteiger partial charge in [-0.2, -0.15) is 0 Å². The van der Waals surface area contributed by atoms with Crippen molar-refractivity contribution in [2.45, 2.75) is 24.7 Å². The number of carbonyl (C=O) groups is 1. The highest BCUT2D eigenvalue weighted by Gasteiger charge is 2.20. The van der Waals surface area contributed by atoms with E-state index in [1.54, 1.807) is 0 Å². The lowest BCUT2D eigenvalue weighted by atomic mass is 10.1. The SMILES string of the molecule is Cc1ccc(S)cc1C(=O)N1CCCC1. The van der Waals surface area contributed by atoms with Crippen molar-refractivity contribution in [2.24, 2.45) is 0 Å². The fraction of sp³-hybridized carbons (Fsp3) is 0.417. The molecule has 0 unspecified atom stereocenters. The molecule has 1 aliphatic rings. The van der Waals surface area contributed by atoms with Crippen molar-refractivity contribution in [3.8, 4) is 0 Å². The van der Waals surface area contributed by atoms with E-state index in [2.05, 4.69) is 12.6 Å². The van der Waals surface area contributed by atoms with Crippen molar-refractivity contribution in [3.63, 3.8) is 0 Å². The summed E-state index contributed by atoms with van der Waals surface area (Å²) < 4.78 is 0. The summed E-state index contributed by atoms with van der Waals surface area (Å²) in [6.07, 6.45) is 2.26. The predicted molar refractivity (Wildman–Crippen MR) is 63.6 cm³/mol. The Balaban J connectivity index is 2.27. The summed E-state index contributed by atoms with van der Waals surface area (Å²) in [5, 5.41) is 0. The van der Waals surface area contributed by atoms with Crippen LogP contribution in [0.15, 0.2) is 23.1 Å². The lowest BCUT2D eigenvalue weighted by Crippen LogP contribution is -2.28. The van der Waals surface area contributed by atoms with Gasteiger partial charge in [0.2, 0.25) is 0 Å². The molecule has 2 rings (SSSR count). The molecule has 3 heteroatoms. The molecule has 1 heterocycles. The molecule has 1 aliphatic heterocycles. The number of thiol groups is 1. The summed E-state index contributed by atoms with van der Waals surface area (Å²) in [5.74, 6) is 0.154. The Morgan fingerprint density at radius 1 is 1.33 bits per heavy atom. The molecule has 0 atom stereocenters. The maximum absolute atomic E-state index is 12.1. The summed E-state index contributed by atoms with van der Waals surface area (Å²) in [6, 6.07) is 5.73. The second-order valence-electron chi connectivity index (χ2n) is 4.00. The fourth-order valence-corrected chi connectivity index (χ4v) is 2.13. The van der Waals surface area contributed by atoms with Gasteiger partial charge in [-0.25, -0.2) is 0 Å². The Hall–Kier alpha value is -0.960. The van der Waals surface area contributed by atoms with E-state index in [4.69, 9.17) is 0 Å². The molecule has 0 bridgehead atoms. The molecule has 1 saturated heterocycles. The molecule has 0 N–H and O–H groups in total. The van der Waals surface area contributed by atoms with Crippen molar-refractivity contribution in [1.29, 1.82) is 0 Å². The monoisotopic (exact) mass is 221 g/mol. The third kappa shape index (κ3) is 2.17. The van der Waals surface area contributed by atoms with E-state index in [0.717, 1.165) is 42.0 Å². The Labute approximate surface area is 95.7 Å². The third-order valence-electron chi connectivity index (χ3n) is 2.84. The first-order valence-electron chi connectivity index (χ1n) is 5.27. The van der Waals surface area contributed by atoms with Crippen LogP contribution < -0.4 is 0 Å². The topological polar surface area (TPSA) is 20.3 Å². The molecular weight excluding hydrogens is 206 g/mol. The van der Waals surface area contributed by atoms with Crippen molar-refractivity contribution in [2.75, 3.05) is 13.1 Å². The Kier molecular flexibility index (Phi) is 3.00. The smallest absolute Gasteiger partial charge is 0.254 e. The van der Waals surface area contributed by atoms with Crippen LogP contribution in [-0.4, -0.2) is 23.9 Å². The number of aryl methyl sites for hydroxylation is 1. The first-order valence-corrected chi connectivity index (χ1v) is 5.72. The van der Waals surface area contributed by atoms with Gasteiger partial charge in [-0.1, -0.05) is 6.07 Å². The van der Waals surface area contributed by atoms with E-state index in [0.29, 0.717) is 0 Å². The van der Waals surface area contributed by atoms with Gasteiger partial charge >= 0.3 is 0 Å². The van der Waals surface area contributed by atoms with Gasteiger partial charge in [-0.05, 0) is 37.5 Å². The molecule has 1 aromatic carbocycles. The van der Waals surface area contributed by atoms with Crippen LogP contribution in [0.4, 0.5) is 0 Å². The van der Waals surface area contributed by atoms with Crippen LogP contribution in [-0.2, 0) is 0 Å². The van der Waals surface area contributed by atoms with Crippen LogP contribution >= 0.6 is 12.6 Å². The lowest BCUT2D eigenvalue weighted by molar-refractivity contribution is 0.0792. The summed E-state index contributed by atoms with van der Waals surface area (Å²) in [7, 11) is 0. The largest absolute Gasteiger partial charge is 0.339 e. The van der Waals surface area contributed by atoms with Gasteiger partial charge in [0.25, 0.3) is 5.91 Å². The lowest BCUT2D eigenvalue weighted by Gasteiger charge is -2.16. The molecule has 0 spiro atoms. The number of hydrogen-bond donors (Lipinski definition) is 1. The van der Waals surface area contributed by atoms with Gasteiger partial charge in [0.15, 0.2) is 0 Å². The summed E-state index contributed by atoms with van der Waals surface area (Å²) in [4.78, 5) is 14.9. The number of hydrogen-bond acceptors (Lipinski definition) is 2. The summed E-state index contributed by atoms with van der Waals surface area (Å²) in [6.45, 7) is 3.76. The van der Waals surface area contributed by atoms with Crippen LogP contribution in [0.3, 0.4) is 0 Å². The minimum Gasteiger partial charge on any atom is -0.339 e. The molecule has 0 aromatic heterocycles. The standard InChI is InChI=1S/C12H15NOS/c1-9-4-5-10(15)8-11(9)12(14)13-6-2-3-7-13/h4-5,8,15H,2-3,6-7H2,1H3. The average Bonchev–Trinajstić information content (AvgIpc) is 2.74. The maximum Gasteiger partial charge on any atom is 0.254 e. The molecule has 0 saturated carbocycles. The highest BCUT2D eigenvalue weighted by molar-refractivity contribution is 7.80. The molecule has 1 aromatic rings. The van der Waals surface area contributed by atoms with Crippen molar-refractivity contribution < 1.29 is 4.79 Å². The zero-order valence-electron chi connectivity index (χ0n) is 8.86. The van der Waals surface area contributed by atoms with E-state index in [1.165, 1.54) is 0 Å². The zero-order valence-corrected chi connectivity index (χ0v) is 9.76. The van der Waals surface area contributed by atoms with Gasteiger partial charge in [-0.15, -0.1) is 12.6 Å². The molecule has 1 fully saturated rings. The second-order valence-corrected chi connectivity index (χ2v) is 4.51. The van der Waals surface area contributed by atoms with Crippen LogP contribution in [0.25, 0.3) is 0 Å². The fourth-order valence-electron chi connectivity index (χ4n) is 1.93. The van der Waals surface area contributed by atoms with Crippen molar-refractivity contribution in [3.05, 3.63) is 29.3 Å². The predicted octanol–water partition coefficient (Wildman–Crippen LogP) is 2.52. The normalized spacial score (nSPS) is 15.7. The van der Waals surface area contributed by atoms with Crippen LogP contribution in [0.2, 0.25) is 0 Å². The average molecular weight is 221 g/mol.